The third-order valence-corrected chi connectivity index (χ3v) is 5.06. The summed E-state index contributed by atoms with van der Waals surface area (Å²) in [5, 5.41) is 3.44. The normalized spacial score (nSPS) is 19.6. The Balaban J connectivity index is 1.83. The van der Waals surface area contributed by atoms with E-state index in [9.17, 15) is 4.79 Å². The van der Waals surface area contributed by atoms with Crippen LogP contribution in [0.15, 0.2) is 35.6 Å². The van der Waals surface area contributed by atoms with Crippen molar-refractivity contribution in [2.75, 3.05) is 18.2 Å². The molecule has 1 aliphatic heterocycles. The first-order valence-electron chi connectivity index (χ1n) is 8.18. The molecule has 136 valence electrons. The highest BCUT2D eigenvalue weighted by Gasteiger charge is 2.31. The summed E-state index contributed by atoms with van der Waals surface area (Å²) in [6.07, 6.45) is 4.03. The number of nitrogens with one attached hydrogen (secondary N) is 1. The Bertz CT molecular complexity index is 870. The molecule has 2 aromatic heterocycles. The molecule has 1 unspecified atom stereocenters. The predicted octanol–water partition coefficient (Wildman–Crippen LogP) is 2.71. The molecule has 1 amide bonds. The molecule has 0 fully saturated rings. The van der Waals surface area contributed by atoms with Crippen LogP contribution in [-0.2, 0) is 5.54 Å². The Morgan fingerprint density at radius 1 is 1.38 bits per heavy atom. The second-order valence-electron chi connectivity index (χ2n) is 6.25. The maximum absolute atomic E-state index is 12.6. The van der Waals surface area contributed by atoms with Crippen molar-refractivity contribution in [2.45, 2.75) is 25.8 Å². The minimum Gasteiger partial charge on any atom is -0.495 e. The van der Waals surface area contributed by atoms with Crippen LogP contribution >= 0.6 is 11.8 Å². The molecule has 3 rings (SSSR count). The van der Waals surface area contributed by atoms with Crippen molar-refractivity contribution < 1.29 is 9.53 Å². The Kier molecular flexibility index (Phi) is 5.13. The number of methoxy groups -OCH3 is 1. The number of carbonyl (C=O) groups excluding carboxylic acids is 1. The van der Waals surface area contributed by atoms with Gasteiger partial charge in [0.25, 0.3) is 5.91 Å². The van der Waals surface area contributed by atoms with E-state index in [0.717, 1.165) is 23.4 Å². The van der Waals surface area contributed by atoms with E-state index < -0.39 is 5.54 Å². The van der Waals surface area contributed by atoms with E-state index >= 15 is 0 Å². The zero-order chi connectivity index (χ0) is 18.7. The maximum Gasteiger partial charge on any atom is 0.274 e. The van der Waals surface area contributed by atoms with Gasteiger partial charge in [-0.2, -0.15) is 0 Å². The lowest BCUT2D eigenvalue weighted by Gasteiger charge is -2.28. The smallest absolute Gasteiger partial charge is 0.274 e. The number of ether oxygens (including phenoxy) is 1. The lowest BCUT2D eigenvalue weighted by molar-refractivity contribution is 0.102. The minimum atomic E-state index is -0.482. The van der Waals surface area contributed by atoms with Crippen molar-refractivity contribution in [1.29, 1.82) is 0 Å². The molecule has 3 heterocycles. The number of carbonyl (C=O) groups is 1. The number of hydrogen-bond acceptors (Lipinski definition) is 7. The lowest BCUT2D eigenvalue weighted by Crippen LogP contribution is -2.29. The maximum atomic E-state index is 12.6. The topological polar surface area (TPSA) is 102 Å². The summed E-state index contributed by atoms with van der Waals surface area (Å²) in [5.41, 5.74) is 7.91. The van der Waals surface area contributed by atoms with Gasteiger partial charge in [-0.3, -0.25) is 9.78 Å². The molecule has 0 saturated carbocycles. The van der Waals surface area contributed by atoms with Crippen LogP contribution in [0, 0.1) is 6.92 Å². The van der Waals surface area contributed by atoms with Crippen molar-refractivity contribution in [3.63, 3.8) is 0 Å². The summed E-state index contributed by atoms with van der Waals surface area (Å²) < 4.78 is 5.12. The van der Waals surface area contributed by atoms with Crippen LogP contribution in [0.4, 0.5) is 5.69 Å². The number of amidine groups is 1. The van der Waals surface area contributed by atoms with Gasteiger partial charge in [0.2, 0.25) is 0 Å². The number of hydrogen-bond donors (Lipinski definition) is 2. The predicted molar refractivity (Wildman–Crippen MR) is 104 cm³/mol. The number of anilines is 1. The number of aliphatic imine (C=N–C) groups is 1. The molecule has 1 aliphatic rings. The zero-order valence-corrected chi connectivity index (χ0v) is 15.8. The largest absolute Gasteiger partial charge is 0.495 e. The molecule has 1 atom stereocenters. The Hall–Kier alpha value is -2.61. The van der Waals surface area contributed by atoms with Crippen molar-refractivity contribution in [1.82, 2.24) is 9.97 Å². The van der Waals surface area contributed by atoms with Crippen molar-refractivity contribution >= 4 is 28.5 Å². The van der Waals surface area contributed by atoms with Gasteiger partial charge in [0.15, 0.2) is 5.17 Å². The molecule has 8 heteroatoms. The number of aryl methyl sites for hydroxylation is 1. The number of pyridine rings is 2. The molecule has 7 nitrogen and oxygen atoms in total. The van der Waals surface area contributed by atoms with E-state index in [1.54, 1.807) is 37.2 Å². The van der Waals surface area contributed by atoms with Crippen LogP contribution in [0.25, 0.3) is 0 Å². The van der Waals surface area contributed by atoms with Gasteiger partial charge in [-0.1, -0.05) is 11.8 Å². The van der Waals surface area contributed by atoms with E-state index in [-0.39, 0.29) is 5.91 Å². The van der Waals surface area contributed by atoms with Gasteiger partial charge < -0.3 is 15.8 Å². The molecule has 0 radical (unpaired) electrons. The van der Waals surface area contributed by atoms with Gasteiger partial charge in [0.05, 0.1) is 19.0 Å². The number of thioether (sulfide) groups is 1. The summed E-state index contributed by atoms with van der Waals surface area (Å²) >= 11 is 1.54. The third-order valence-electron chi connectivity index (χ3n) is 4.27. The SMILES string of the molecule is COc1cnc(C(=O)Nc2ccnc(C3(C)CCSC(N)=N3)c2)c(C)c1. The van der Waals surface area contributed by atoms with Crippen LogP contribution in [0.5, 0.6) is 5.75 Å². The van der Waals surface area contributed by atoms with Crippen molar-refractivity contribution in [3.05, 3.63) is 47.5 Å². The molecule has 0 saturated heterocycles. The van der Waals surface area contributed by atoms with Gasteiger partial charge in [-0.15, -0.1) is 0 Å². The lowest BCUT2D eigenvalue weighted by atomic mass is 9.94. The summed E-state index contributed by atoms with van der Waals surface area (Å²) in [7, 11) is 1.56. The molecule has 0 bridgehead atoms. The summed E-state index contributed by atoms with van der Waals surface area (Å²) in [4.78, 5) is 25.7. The molecule has 0 spiro atoms. The van der Waals surface area contributed by atoms with E-state index in [1.165, 1.54) is 6.20 Å². The Labute approximate surface area is 156 Å². The van der Waals surface area contributed by atoms with Gasteiger partial charge >= 0.3 is 0 Å². The quantitative estimate of drug-likeness (QED) is 0.857. The monoisotopic (exact) mass is 371 g/mol. The molecular weight excluding hydrogens is 350 g/mol. The second kappa shape index (κ2) is 7.33. The van der Waals surface area contributed by atoms with Crippen LogP contribution in [-0.4, -0.2) is 33.9 Å². The van der Waals surface area contributed by atoms with E-state index in [1.807, 2.05) is 19.9 Å². The van der Waals surface area contributed by atoms with Gasteiger partial charge in [0.1, 0.15) is 17.0 Å². The number of nitrogens with two attached hydrogens (primary N) is 1. The van der Waals surface area contributed by atoms with Crippen LogP contribution in [0.3, 0.4) is 0 Å². The first-order chi connectivity index (χ1) is 12.4. The highest BCUT2D eigenvalue weighted by Crippen LogP contribution is 2.34. The zero-order valence-electron chi connectivity index (χ0n) is 14.9. The van der Waals surface area contributed by atoms with E-state index in [0.29, 0.717) is 22.3 Å². The Morgan fingerprint density at radius 3 is 2.88 bits per heavy atom. The summed E-state index contributed by atoms with van der Waals surface area (Å²) in [6.45, 7) is 3.82. The fourth-order valence-corrected chi connectivity index (χ4v) is 3.74. The van der Waals surface area contributed by atoms with E-state index in [4.69, 9.17) is 10.5 Å². The average Bonchev–Trinajstić information content (AvgIpc) is 2.61. The Morgan fingerprint density at radius 2 is 2.19 bits per heavy atom. The molecule has 3 N–H and O–H groups in total. The fraction of sp³-hybridized carbons (Fsp3) is 0.333. The standard InChI is InChI=1S/C18H21N5O2S/c1-11-8-13(25-3)10-21-15(11)16(24)22-12-4-6-20-14(9-12)18(2)5-7-26-17(19)23-18/h4,6,8-10H,5,7H2,1-3H3,(H2,19,23)(H,20,22,24). The first-order valence-corrected chi connectivity index (χ1v) is 9.16. The molecule has 0 aliphatic carbocycles. The number of rotatable bonds is 4. The van der Waals surface area contributed by atoms with E-state index in [2.05, 4.69) is 20.3 Å². The second-order valence-corrected chi connectivity index (χ2v) is 7.36. The number of nitrogens with zero attached hydrogens (tertiary/aromatic N) is 3. The molecule has 0 aromatic carbocycles. The summed E-state index contributed by atoms with van der Waals surface area (Å²) in [6, 6.07) is 5.36. The van der Waals surface area contributed by atoms with Crippen molar-refractivity contribution in [3.8, 4) is 5.75 Å². The fourth-order valence-electron chi connectivity index (χ4n) is 2.76. The summed E-state index contributed by atoms with van der Waals surface area (Å²) in [5.74, 6) is 1.22. The highest BCUT2D eigenvalue weighted by atomic mass is 32.2. The number of amides is 1. The van der Waals surface area contributed by atoms with Crippen molar-refractivity contribution in [2.24, 2.45) is 10.7 Å². The van der Waals surface area contributed by atoms with Gasteiger partial charge in [-0.25, -0.2) is 9.98 Å². The molecule has 2 aromatic rings. The highest BCUT2D eigenvalue weighted by molar-refractivity contribution is 8.13. The average molecular weight is 371 g/mol. The third kappa shape index (κ3) is 3.80. The van der Waals surface area contributed by atoms with Crippen LogP contribution in [0.1, 0.15) is 35.1 Å². The van der Waals surface area contributed by atoms with Gasteiger partial charge in [0, 0.05) is 17.6 Å². The minimum absolute atomic E-state index is 0.283. The molecule has 26 heavy (non-hydrogen) atoms. The van der Waals surface area contributed by atoms with Gasteiger partial charge in [-0.05, 0) is 44.0 Å². The van der Waals surface area contributed by atoms with Crippen LogP contribution < -0.4 is 15.8 Å². The first kappa shape index (κ1) is 18.2. The number of aromatic nitrogens is 2. The van der Waals surface area contributed by atoms with Crippen LogP contribution in [0.2, 0.25) is 0 Å². The molecular formula is C18H21N5O2S.